The number of aromatic nitrogens is 4. The zero-order valence-corrected chi connectivity index (χ0v) is 10.3. The Morgan fingerprint density at radius 3 is 2.95 bits per heavy atom. The Bertz CT molecular complexity index is 683. The third kappa shape index (κ3) is 2.42. The van der Waals surface area contributed by atoms with Gasteiger partial charge in [-0.05, 0) is 19.1 Å². The van der Waals surface area contributed by atoms with E-state index in [1.54, 1.807) is 18.6 Å². The lowest BCUT2D eigenvalue weighted by Crippen LogP contribution is -2.03. The molecule has 0 fully saturated rings. The van der Waals surface area contributed by atoms with Gasteiger partial charge in [-0.15, -0.1) is 0 Å². The van der Waals surface area contributed by atoms with Crippen molar-refractivity contribution >= 4 is 22.7 Å². The van der Waals surface area contributed by atoms with Crippen LogP contribution in [0.5, 0.6) is 0 Å². The van der Waals surface area contributed by atoms with Crippen LogP contribution in [0.3, 0.4) is 0 Å². The molecule has 2 N–H and O–H groups in total. The lowest BCUT2D eigenvalue weighted by Gasteiger charge is -1.99. The Morgan fingerprint density at radius 1 is 1.26 bits per heavy atom. The van der Waals surface area contributed by atoms with Crippen LogP contribution in [-0.4, -0.2) is 25.6 Å². The molecule has 0 bridgehead atoms. The minimum absolute atomic E-state index is 0.601. The molecule has 0 unspecified atom stereocenters. The Balaban J connectivity index is 1.82. The van der Waals surface area contributed by atoms with Gasteiger partial charge >= 0.3 is 0 Å². The number of aromatic amines is 1. The average molecular weight is 252 g/mol. The van der Waals surface area contributed by atoms with Gasteiger partial charge in [0.2, 0.25) is 5.95 Å². The van der Waals surface area contributed by atoms with Crippen molar-refractivity contribution in [1.82, 2.24) is 19.9 Å². The molecule has 3 aromatic rings. The number of fused-ring (bicyclic) bond motifs is 1. The van der Waals surface area contributed by atoms with Gasteiger partial charge in [0.1, 0.15) is 5.69 Å². The number of H-pyrrole nitrogens is 1. The molecular weight excluding hydrogens is 240 g/mol. The molecule has 6 nitrogen and oxygen atoms in total. The highest BCUT2D eigenvalue weighted by molar-refractivity contribution is 5.97. The average Bonchev–Trinajstić information content (AvgIpc) is 2.88. The van der Waals surface area contributed by atoms with Gasteiger partial charge in [-0.3, -0.25) is 9.97 Å². The van der Waals surface area contributed by atoms with Crippen molar-refractivity contribution in [3.8, 4) is 0 Å². The van der Waals surface area contributed by atoms with Gasteiger partial charge in [-0.1, -0.05) is 12.1 Å². The lowest BCUT2D eigenvalue weighted by molar-refractivity contribution is 1.15. The van der Waals surface area contributed by atoms with Crippen LogP contribution in [0.15, 0.2) is 48.0 Å². The van der Waals surface area contributed by atoms with Crippen molar-refractivity contribution in [2.45, 2.75) is 6.92 Å². The molecule has 6 heteroatoms. The second kappa shape index (κ2) is 4.85. The van der Waals surface area contributed by atoms with Gasteiger partial charge < -0.3 is 4.98 Å². The monoisotopic (exact) mass is 252 g/mol. The summed E-state index contributed by atoms with van der Waals surface area (Å²) in [6.07, 6.45) is 4.93. The van der Waals surface area contributed by atoms with Crippen LogP contribution in [-0.2, 0) is 0 Å². The molecule has 2 aromatic heterocycles. The first-order chi connectivity index (χ1) is 9.33. The largest absolute Gasteiger partial charge is 0.323 e. The predicted octanol–water partition coefficient (Wildman–Crippen LogP) is 2.19. The first-order valence-electron chi connectivity index (χ1n) is 5.84. The second-order valence-corrected chi connectivity index (χ2v) is 4.00. The van der Waals surface area contributed by atoms with Crippen LogP contribution in [0, 0.1) is 0 Å². The smallest absolute Gasteiger partial charge is 0.222 e. The summed E-state index contributed by atoms with van der Waals surface area (Å²) in [4.78, 5) is 15.7. The van der Waals surface area contributed by atoms with Crippen LogP contribution >= 0.6 is 0 Å². The first-order valence-corrected chi connectivity index (χ1v) is 5.84. The van der Waals surface area contributed by atoms with E-state index in [1.165, 1.54) is 0 Å². The van der Waals surface area contributed by atoms with Crippen molar-refractivity contribution in [3.05, 3.63) is 48.5 Å². The van der Waals surface area contributed by atoms with Gasteiger partial charge in [0.15, 0.2) is 0 Å². The summed E-state index contributed by atoms with van der Waals surface area (Å²) in [5.74, 6) is 0.601. The Kier molecular flexibility index (Phi) is 2.89. The van der Waals surface area contributed by atoms with Gasteiger partial charge in [0, 0.05) is 12.4 Å². The number of imidazole rings is 1. The van der Waals surface area contributed by atoms with E-state index in [9.17, 15) is 0 Å². The molecular formula is C13H12N6. The summed E-state index contributed by atoms with van der Waals surface area (Å²) in [6, 6.07) is 7.81. The molecule has 0 spiro atoms. The van der Waals surface area contributed by atoms with Gasteiger partial charge in [0.25, 0.3) is 0 Å². The number of hydrazone groups is 1. The van der Waals surface area contributed by atoms with E-state index >= 15 is 0 Å². The highest BCUT2D eigenvalue weighted by Crippen LogP contribution is 2.13. The molecule has 0 saturated heterocycles. The Labute approximate surface area is 109 Å². The fraction of sp³-hybridized carbons (Fsp3) is 0.0769. The van der Waals surface area contributed by atoms with E-state index in [2.05, 4.69) is 30.5 Å². The molecule has 0 amide bonds. The number of nitrogens with one attached hydrogen (secondary N) is 2. The van der Waals surface area contributed by atoms with E-state index in [0.29, 0.717) is 5.95 Å². The van der Waals surface area contributed by atoms with Crippen molar-refractivity contribution in [3.63, 3.8) is 0 Å². The SMILES string of the molecule is C/C(=N\Nc1nc2ccccc2[nH]1)c1cnccn1. The zero-order valence-electron chi connectivity index (χ0n) is 10.3. The topological polar surface area (TPSA) is 78.9 Å². The Morgan fingerprint density at radius 2 is 2.16 bits per heavy atom. The van der Waals surface area contributed by atoms with Crippen LogP contribution in [0.25, 0.3) is 11.0 Å². The number of benzene rings is 1. The zero-order chi connectivity index (χ0) is 13.1. The van der Waals surface area contributed by atoms with Crippen molar-refractivity contribution in [2.24, 2.45) is 5.10 Å². The minimum atomic E-state index is 0.601. The Hall–Kier alpha value is -2.76. The summed E-state index contributed by atoms with van der Waals surface area (Å²) in [5.41, 5.74) is 6.23. The minimum Gasteiger partial charge on any atom is -0.323 e. The summed E-state index contributed by atoms with van der Waals surface area (Å²) < 4.78 is 0. The summed E-state index contributed by atoms with van der Waals surface area (Å²) in [7, 11) is 0. The maximum atomic E-state index is 4.37. The third-order valence-corrected chi connectivity index (χ3v) is 2.65. The van der Waals surface area contributed by atoms with Gasteiger partial charge in [-0.25, -0.2) is 10.4 Å². The molecule has 0 aliphatic rings. The quantitative estimate of drug-likeness (QED) is 0.553. The molecule has 94 valence electrons. The molecule has 0 aliphatic carbocycles. The maximum absolute atomic E-state index is 4.37. The number of para-hydroxylation sites is 2. The van der Waals surface area contributed by atoms with E-state index < -0.39 is 0 Å². The van der Waals surface area contributed by atoms with Crippen LogP contribution in [0.4, 0.5) is 5.95 Å². The van der Waals surface area contributed by atoms with Gasteiger partial charge in [0.05, 0.1) is 22.9 Å². The number of anilines is 1. The molecule has 2 heterocycles. The van der Waals surface area contributed by atoms with Crippen molar-refractivity contribution in [2.75, 3.05) is 5.43 Å². The van der Waals surface area contributed by atoms with Crippen LogP contribution in [0.2, 0.25) is 0 Å². The molecule has 1 aromatic carbocycles. The third-order valence-electron chi connectivity index (χ3n) is 2.65. The van der Waals surface area contributed by atoms with E-state index in [0.717, 1.165) is 22.4 Å². The maximum Gasteiger partial charge on any atom is 0.222 e. The number of hydrogen-bond donors (Lipinski definition) is 2. The molecule has 19 heavy (non-hydrogen) atoms. The van der Waals surface area contributed by atoms with Crippen LogP contribution < -0.4 is 5.43 Å². The number of nitrogens with zero attached hydrogens (tertiary/aromatic N) is 4. The normalized spacial score (nSPS) is 11.7. The highest BCUT2D eigenvalue weighted by Gasteiger charge is 2.01. The highest BCUT2D eigenvalue weighted by atomic mass is 15.4. The lowest BCUT2D eigenvalue weighted by atomic mass is 10.3. The van der Waals surface area contributed by atoms with Crippen LogP contribution in [0.1, 0.15) is 12.6 Å². The van der Waals surface area contributed by atoms with E-state index in [1.807, 2.05) is 31.2 Å². The molecule has 0 saturated carbocycles. The van der Waals surface area contributed by atoms with E-state index in [4.69, 9.17) is 0 Å². The van der Waals surface area contributed by atoms with Gasteiger partial charge in [-0.2, -0.15) is 5.10 Å². The molecule has 0 atom stereocenters. The number of hydrogen-bond acceptors (Lipinski definition) is 5. The summed E-state index contributed by atoms with van der Waals surface area (Å²) in [6.45, 7) is 1.86. The fourth-order valence-corrected chi connectivity index (χ4v) is 1.69. The first kappa shape index (κ1) is 11.3. The summed E-state index contributed by atoms with van der Waals surface area (Å²) >= 11 is 0. The molecule has 0 aliphatic heterocycles. The van der Waals surface area contributed by atoms with E-state index in [-0.39, 0.29) is 0 Å². The van der Waals surface area contributed by atoms with Crippen molar-refractivity contribution in [1.29, 1.82) is 0 Å². The van der Waals surface area contributed by atoms with Crippen molar-refractivity contribution < 1.29 is 0 Å². The fourth-order valence-electron chi connectivity index (χ4n) is 1.69. The summed E-state index contributed by atoms with van der Waals surface area (Å²) in [5, 5.41) is 4.23. The number of rotatable bonds is 3. The second-order valence-electron chi connectivity index (χ2n) is 4.00. The molecule has 0 radical (unpaired) electrons. The standard InChI is InChI=1S/C13H12N6/c1-9(12-8-14-6-7-15-12)18-19-13-16-10-4-2-3-5-11(10)17-13/h2-8H,1H3,(H2,16,17,19)/b18-9+. The molecule has 3 rings (SSSR count). The predicted molar refractivity (Wildman–Crippen MR) is 74.0 cm³/mol.